The molecule has 0 aliphatic heterocycles. The SMILES string of the molecule is C#CC(C)(C)NC(=O)C(C)CCN. The lowest BCUT2D eigenvalue weighted by Gasteiger charge is -2.22. The van der Waals surface area contributed by atoms with E-state index in [1.165, 1.54) is 0 Å². The Hall–Kier alpha value is -1.01. The zero-order valence-corrected chi connectivity index (χ0v) is 8.55. The largest absolute Gasteiger partial charge is 0.340 e. The van der Waals surface area contributed by atoms with E-state index in [0.29, 0.717) is 13.0 Å². The lowest BCUT2D eigenvalue weighted by atomic mass is 10.0. The van der Waals surface area contributed by atoms with Crippen molar-refractivity contribution < 1.29 is 4.79 Å². The lowest BCUT2D eigenvalue weighted by Crippen LogP contribution is -2.44. The second-order valence-corrected chi connectivity index (χ2v) is 3.74. The number of carbonyl (C=O) groups is 1. The van der Waals surface area contributed by atoms with Gasteiger partial charge in [-0.25, -0.2) is 0 Å². The first-order chi connectivity index (χ1) is 5.93. The smallest absolute Gasteiger partial charge is 0.224 e. The summed E-state index contributed by atoms with van der Waals surface area (Å²) in [6, 6.07) is 0. The van der Waals surface area contributed by atoms with Crippen molar-refractivity contribution in [2.24, 2.45) is 11.7 Å². The molecular formula is C10H18N2O. The van der Waals surface area contributed by atoms with Crippen molar-refractivity contribution >= 4 is 5.91 Å². The fourth-order valence-corrected chi connectivity index (χ4v) is 0.848. The van der Waals surface area contributed by atoms with Gasteiger partial charge in [-0.15, -0.1) is 6.42 Å². The van der Waals surface area contributed by atoms with Crippen LogP contribution in [-0.4, -0.2) is 18.0 Å². The van der Waals surface area contributed by atoms with Crippen molar-refractivity contribution in [1.82, 2.24) is 5.32 Å². The van der Waals surface area contributed by atoms with Crippen molar-refractivity contribution in [3.05, 3.63) is 0 Å². The summed E-state index contributed by atoms with van der Waals surface area (Å²) in [5.41, 5.74) is 4.77. The molecule has 3 heteroatoms. The molecule has 1 atom stereocenters. The first kappa shape index (κ1) is 12.0. The van der Waals surface area contributed by atoms with Gasteiger partial charge < -0.3 is 11.1 Å². The maximum Gasteiger partial charge on any atom is 0.224 e. The topological polar surface area (TPSA) is 55.1 Å². The Labute approximate surface area is 80.1 Å². The Balaban J connectivity index is 4.09. The summed E-state index contributed by atoms with van der Waals surface area (Å²) in [6.07, 6.45) is 5.93. The van der Waals surface area contributed by atoms with Gasteiger partial charge in [0, 0.05) is 5.92 Å². The van der Waals surface area contributed by atoms with Gasteiger partial charge in [-0.1, -0.05) is 12.8 Å². The number of nitrogens with two attached hydrogens (primary N) is 1. The van der Waals surface area contributed by atoms with Crippen LogP contribution in [0, 0.1) is 18.3 Å². The molecule has 0 rings (SSSR count). The van der Waals surface area contributed by atoms with Crippen molar-refractivity contribution in [1.29, 1.82) is 0 Å². The second kappa shape index (κ2) is 4.88. The van der Waals surface area contributed by atoms with Gasteiger partial charge in [-0.3, -0.25) is 4.79 Å². The molecule has 0 spiro atoms. The first-order valence-corrected chi connectivity index (χ1v) is 4.43. The van der Waals surface area contributed by atoms with E-state index in [1.807, 2.05) is 6.92 Å². The van der Waals surface area contributed by atoms with Crippen molar-refractivity contribution in [2.75, 3.05) is 6.54 Å². The van der Waals surface area contributed by atoms with Gasteiger partial charge in [0.15, 0.2) is 0 Å². The van der Waals surface area contributed by atoms with Gasteiger partial charge in [0.2, 0.25) is 5.91 Å². The molecule has 74 valence electrons. The van der Waals surface area contributed by atoms with Crippen LogP contribution in [0.25, 0.3) is 0 Å². The van der Waals surface area contributed by atoms with Crippen molar-refractivity contribution in [2.45, 2.75) is 32.7 Å². The molecule has 13 heavy (non-hydrogen) atoms. The second-order valence-electron chi connectivity index (χ2n) is 3.74. The molecule has 0 aromatic rings. The van der Waals surface area contributed by atoms with Crippen LogP contribution < -0.4 is 11.1 Å². The van der Waals surface area contributed by atoms with Gasteiger partial charge in [0.05, 0.1) is 5.54 Å². The molecule has 0 bridgehead atoms. The van der Waals surface area contributed by atoms with Gasteiger partial charge >= 0.3 is 0 Å². The van der Waals surface area contributed by atoms with Crippen LogP contribution in [0.15, 0.2) is 0 Å². The number of rotatable bonds is 4. The molecule has 0 saturated heterocycles. The quantitative estimate of drug-likeness (QED) is 0.622. The van der Waals surface area contributed by atoms with Crippen LogP contribution in [0.1, 0.15) is 27.2 Å². The van der Waals surface area contributed by atoms with E-state index in [4.69, 9.17) is 12.2 Å². The summed E-state index contributed by atoms with van der Waals surface area (Å²) in [4.78, 5) is 11.4. The molecule has 3 N–H and O–H groups in total. The van der Waals surface area contributed by atoms with Crippen LogP contribution in [0.3, 0.4) is 0 Å². The Kier molecular flexibility index (Phi) is 4.50. The standard InChI is InChI=1S/C10H18N2O/c1-5-10(3,4)12-9(13)8(2)6-7-11/h1,8H,6-7,11H2,2-4H3,(H,12,13). The maximum absolute atomic E-state index is 11.4. The molecule has 0 aromatic carbocycles. The third-order valence-electron chi connectivity index (χ3n) is 1.84. The third kappa shape index (κ3) is 4.54. The van der Waals surface area contributed by atoms with Crippen LogP contribution in [0.2, 0.25) is 0 Å². The molecule has 0 aliphatic rings. The Morgan fingerprint density at radius 2 is 2.23 bits per heavy atom. The molecule has 0 radical (unpaired) electrons. The Morgan fingerprint density at radius 1 is 1.69 bits per heavy atom. The van der Waals surface area contributed by atoms with E-state index in [0.717, 1.165) is 0 Å². The molecule has 0 saturated carbocycles. The van der Waals surface area contributed by atoms with Gasteiger partial charge in [0.1, 0.15) is 0 Å². The van der Waals surface area contributed by atoms with Crippen LogP contribution in [-0.2, 0) is 4.79 Å². The van der Waals surface area contributed by atoms with Gasteiger partial charge in [-0.05, 0) is 26.8 Å². The molecule has 1 unspecified atom stereocenters. The number of hydrogen-bond donors (Lipinski definition) is 2. The zero-order valence-electron chi connectivity index (χ0n) is 8.55. The highest BCUT2D eigenvalue weighted by Gasteiger charge is 2.20. The third-order valence-corrected chi connectivity index (χ3v) is 1.84. The monoisotopic (exact) mass is 182 g/mol. The van der Waals surface area contributed by atoms with Crippen molar-refractivity contribution in [3.8, 4) is 12.3 Å². The summed E-state index contributed by atoms with van der Waals surface area (Å²) in [6.45, 7) is 5.94. The predicted octanol–water partition coefficient (Wildman–Crippen LogP) is 0.499. The predicted molar refractivity (Wildman–Crippen MR) is 53.9 cm³/mol. The maximum atomic E-state index is 11.4. The summed E-state index contributed by atoms with van der Waals surface area (Å²) < 4.78 is 0. The van der Waals surface area contributed by atoms with E-state index in [-0.39, 0.29) is 11.8 Å². The lowest BCUT2D eigenvalue weighted by molar-refractivity contribution is -0.125. The van der Waals surface area contributed by atoms with E-state index in [2.05, 4.69) is 11.2 Å². The number of amides is 1. The average molecular weight is 182 g/mol. The number of hydrogen-bond acceptors (Lipinski definition) is 2. The van der Waals surface area contributed by atoms with E-state index in [1.54, 1.807) is 13.8 Å². The average Bonchev–Trinajstić information content (AvgIpc) is 2.04. The highest BCUT2D eigenvalue weighted by molar-refractivity contribution is 5.79. The summed E-state index contributed by atoms with van der Waals surface area (Å²) >= 11 is 0. The zero-order chi connectivity index (χ0) is 10.5. The number of terminal acetylenes is 1. The van der Waals surface area contributed by atoms with Gasteiger partial charge in [0.25, 0.3) is 0 Å². The molecule has 0 aliphatic carbocycles. The van der Waals surface area contributed by atoms with Crippen LogP contribution in [0.5, 0.6) is 0 Å². The van der Waals surface area contributed by atoms with Crippen LogP contribution >= 0.6 is 0 Å². The highest BCUT2D eigenvalue weighted by atomic mass is 16.2. The molecule has 0 fully saturated rings. The van der Waals surface area contributed by atoms with E-state index >= 15 is 0 Å². The minimum absolute atomic E-state index is 0.0339. The summed E-state index contributed by atoms with van der Waals surface area (Å²) in [5.74, 6) is 2.40. The fourth-order valence-electron chi connectivity index (χ4n) is 0.848. The van der Waals surface area contributed by atoms with Gasteiger partial charge in [-0.2, -0.15) is 0 Å². The van der Waals surface area contributed by atoms with E-state index in [9.17, 15) is 4.79 Å². The molecule has 0 heterocycles. The fraction of sp³-hybridized carbons (Fsp3) is 0.700. The normalized spacial score (nSPS) is 13.2. The Morgan fingerprint density at radius 3 is 2.62 bits per heavy atom. The van der Waals surface area contributed by atoms with E-state index < -0.39 is 5.54 Å². The van der Waals surface area contributed by atoms with Crippen LogP contribution in [0.4, 0.5) is 0 Å². The first-order valence-electron chi connectivity index (χ1n) is 4.43. The number of nitrogens with one attached hydrogen (secondary N) is 1. The molecule has 1 amide bonds. The summed E-state index contributed by atoms with van der Waals surface area (Å²) in [5, 5.41) is 2.76. The minimum Gasteiger partial charge on any atom is -0.340 e. The summed E-state index contributed by atoms with van der Waals surface area (Å²) in [7, 11) is 0. The molecular weight excluding hydrogens is 164 g/mol. The molecule has 3 nitrogen and oxygen atoms in total. The Bertz CT molecular complexity index is 215. The highest BCUT2D eigenvalue weighted by Crippen LogP contribution is 2.05. The number of carbonyl (C=O) groups excluding carboxylic acids is 1. The molecule has 0 aromatic heterocycles. The van der Waals surface area contributed by atoms with Crippen molar-refractivity contribution in [3.63, 3.8) is 0 Å². The minimum atomic E-state index is -0.570.